The second-order valence-corrected chi connectivity index (χ2v) is 7.59. The highest BCUT2D eigenvalue weighted by Crippen LogP contribution is 2.18. The molecule has 0 radical (unpaired) electrons. The highest BCUT2D eigenvalue weighted by atomic mass is 16.5. The number of nitrogens with one attached hydrogen (secondary N) is 1. The van der Waals surface area contributed by atoms with Crippen molar-refractivity contribution in [3.8, 4) is 5.75 Å². The molecule has 0 bridgehead atoms. The molecular formula is C22H36N4O3. The number of ether oxygens (including phenoxy) is 2. The lowest BCUT2D eigenvalue weighted by Gasteiger charge is -2.34. The zero-order valence-electron chi connectivity index (χ0n) is 18.3. The van der Waals surface area contributed by atoms with E-state index in [1.54, 1.807) is 7.05 Å². The number of likely N-dealkylation sites (tertiary alicyclic amines) is 1. The van der Waals surface area contributed by atoms with E-state index >= 15 is 0 Å². The fourth-order valence-corrected chi connectivity index (χ4v) is 3.41. The molecule has 1 aliphatic rings. The van der Waals surface area contributed by atoms with Gasteiger partial charge in [-0.15, -0.1) is 0 Å². The van der Waals surface area contributed by atoms with Crippen LogP contribution in [-0.4, -0.2) is 75.7 Å². The van der Waals surface area contributed by atoms with Gasteiger partial charge in [-0.05, 0) is 58.0 Å². The molecule has 7 nitrogen and oxygen atoms in total. The highest BCUT2D eigenvalue weighted by molar-refractivity contribution is 5.81. The van der Waals surface area contributed by atoms with Crippen LogP contribution in [0.15, 0.2) is 29.3 Å². The van der Waals surface area contributed by atoms with Gasteiger partial charge in [0.25, 0.3) is 0 Å². The Kier molecular flexibility index (Phi) is 9.77. The molecule has 1 unspecified atom stereocenters. The molecule has 1 saturated heterocycles. The third-order valence-corrected chi connectivity index (χ3v) is 4.95. The summed E-state index contributed by atoms with van der Waals surface area (Å²) in [5, 5.41) is 3.41. The molecule has 0 amide bonds. The van der Waals surface area contributed by atoms with Crippen LogP contribution in [0, 0.1) is 5.92 Å². The zero-order valence-corrected chi connectivity index (χ0v) is 18.3. The van der Waals surface area contributed by atoms with Crippen LogP contribution in [0.25, 0.3) is 0 Å². The Morgan fingerprint density at radius 1 is 1.31 bits per heavy atom. The van der Waals surface area contributed by atoms with Gasteiger partial charge in [0.2, 0.25) is 0 Å². The minimum atomic E-state index is -0.103. The van der Waals surface area contributed by atoms with Gasteiger partial charge in [-0.25, -0.2) is 0 Å². The minimum Gasteiger partial charge on any atom is -0.494 e. The predicted molar refractivity (Wildman–Crippen MR) is 116 cm³/mol. The largest absolute Gasteiger partial charge is 0.494 e. The maximum Gasteiger partial charge on any atom is 0.310 e. The molecule has 1 aliphatic heterocycles. The number of hydrogen-bond donors (Lipinski definition) is 1. The first-order chi connectivity index (χ1) is 14.0. The first kappa shape index (κ1) is 23.0. The zero-order chi connectivity index (χ0) is 21.1. The average molecular weight is 405 g/mol. The van der Waals surface area contributed by atoms with Crippen LogP contribution >= 0.6 is 0 Å². The van der Waals surface area contributed by atoms with Crippen molar-refractivity contribution >= 4 is 11.9 Å². The first-order valence-electron chi connectivity index (χ1n) is 10.5. The number of aliphatic imine (C=N–C) groups is 1. The summed E-state index contributed by atoms with van der Waals surface area (Å²) in [7, 11) is 5.91. The molecule has 1 N–H and O–H groups in total. The van der Waals surface area contributed by atoms with E-state index in [1.165, 1.54) is 0 Å². The lowest BCUT2D eigenvalue weighted by atomic mass is 9.98. The maximum absolute atomic E-state index is 12.1. The number of carbonyl (C=O) groups excluding carboxylic acids is 1. The van der Waals surface area contributed by atoms with Crippen LogP contribution in [0.1, 0.15) is 31.7 Å². The van der Waals surface area contributed by atoms with Crippen molar-refractivity contribution in [2.45, 2.75) is 32.7 Å². The molecule has 1 aromatic carbocycles. The number of piperidine rings is 1. The number of carbonyl (C=O) groups is 1. The Morgan fingerprint density at radius 3 is 2.72 bits per heavy atom. The van der Waals surface area contributed by atoms with Crippen molar-refractivity contribution in [2.24, 2.45) is 10.9 Å². The fraction of sp³-hybridized carbons (Fsp3) is 0.636. The molecule has 1 heterocycles. The molecule has 1 atom stereocenters. The summed E-state index contributed by atoms with van der Waals surface area (Å²) in [6.45, 7) is 6.24. The van der Waals surface area contributed by atoms with Crippen molar-refractivity contribution < 1.29 is 14.3 Å². The first-order valence-corrected chi connectivity index (χ1v) is 10.5. The van der Waals surface area contributed by atoms with Crippen LogP contribution in [0.2, 0.25) is 0 Å². The number of nitrogens with zero attached hydrogens (tertiary/aromatic N) is 3. The number of guanidine groups is 1. The Bertz CT molecular complexity index is 646. The van der Waals surface area contributed by atoms with Crippen molar-refractivity contribution in [3.63, 3.8) is 0 Å². The van der Waals surface area contributed by atoms with Crippen LogP contribution in [-0.2, 0) is 16.1 Å². The Hall–Kier alpha value is -2.28. The summed E-state index contributed by atoms with van der Waals surface area (Å²) in [6, 6.07) is 8.15. The molecule has 0 spiro atoms. The van der Waals surface area contributed by atoms with Gasteiger partial charge in [0.05, 0.1) is 19.1 Å². The van der Waals surface area contributed by atoms with E-state index in [0.29, 0.717) is 19.7 Å². The van der Waals surface area contributed by atoms with Crippen LogP contribution in [0.5, 0.6) is 5.75 Å². The summed E-state index contributed by atoms with van der Waals surface area (Å²) in [6.07, 6.45) is 2.85. The van der Waals surface area contributed by atoms with Crippen LogP contribution in [0.3, 0.4) is 0 Å². The smallest absolute Gasteiger partial charge is 0.310 e. The van der Waals surface area contributed by atoms with Gasteiger partial charge < -0.3 is 24.6 Å². The van der Waals surface area contributed by atoms with E-state index in [-0.39, 0.29) is 11.9 Å². The number of benzene rings is 1. The van der Waals surface area contributed by atoms with Gasteiger partial charge in [-0.3, -0.25) is 9.79 Å². The van der Waals surface area contributed by atoms with Gasteiger partial charge in [-0.2, -0.15) is 0 Å². The summed E-state index contributed by atoms with van der Waals surface area (Å²) < 4.78 is 11.0. The summed E-state index contributed by atoms with van der Waals surface area (Å²) >= 11 is 0. The van der Waals surface area contributed by atoms with Gasteiger partial charge >= 0.3 is 5.97 Å². The predicted octanol–water partition coefficient (Wildman–Crippen LogP) is 2.37. The van der Waals surface area contributed by atoms with E-state index in [2.05, 4.69) is 46.3 Å². The van der Waals surface area contributed by atoms with Crippen molar-refractivity contribution in [1.29, 1.82) is 0 Å². The Morgan fingerprint density at radius 2 is 2.07 bits per heavy atom. The summed E-state index contributed by atoms with van der Waals surface area (Å²) in [5.41, 5.74) is 1.16. The molecular weight excluding hydrogens is 368 g/mol. The standard InChI is InChI=1S/C22H36N4O3/c1-5-28-21(27)19-8-6-14-26(17-19)22(23-2)24-16-18-9-11-20(12-10-18)29-15-7-13-25(3)4/h9-12,19H,5-8,13-17H2,1-4H3,(H,23,24). The van der Waals surface area contributed by atoms with Crippen molar-refractivity contribution in [2.75, 3.05) is 54.0 Å². The topological polar surface area (TPSA) is 66.4 Å². The van der Waals surface area contributed by atoms with E-state index in [4.69, 9.17) is 9.47 Å². The molecule has 162 valence electrons. The van der Waals surface area contributed by atoms with E-state index in [0.717, 1.165) is 56.2 Å². The molecule has 0 saturated carbocycles. The lowest BCUT2D eigenvalue weighted by Crippen LogP contribution is -2.48. The van der Waals surface area contributed by atoms with Crippen LogP contribution < -0.4 is 10.1 Å². The van der Waals surface area contributed by atoms with Gasteiger partial charge in [0.15, 0.2) is 5.96 Å². The third-order valence-electron chi connectivity index (χ3n) is 4.95. The SMILES string of the molecule is CCOC(=O)C1CCCN(C(=NC)NCc2ccc(OCCCN(C)C)cc2)C1. The lowest BCUT2D eigenvalue weighted by molar-refractivity contribution is -0.149. The second kappa shape index (κ2) is 12.3. The van der Waals surface area contributed by atoms with E-state index < -0.39 is 0 Å². The average Bonchev–Trinajstić information content (AvgIpc) is 2.73. The molecule has 7 heteroatoms. The summed E-state index contributed by atoms with van der Waals surface area (Å²) in [4.78, 5) is 20.8. The van der Waals surface area contributed by atoms with Crippen LogP contribution in [0.4, 0.5) is 0 Å². The Labute approximate surface area is 175 Å². The summed E-state index contributed by atoms with van der Waals surface area (Å²) in [5.74, 6) is 1.54. The van der Waals surface area contributed by atoms with Crippen molar-refractivity contribution in [1.82, 2.24) is 15.1 Å². The van der Waals surface area contributed by atoms with Crippen molar-refractivity contribution in [3.05, 3.63) is 29.8 Å². The number of rotatable bonds is 9. The molecule has 0 aromatic heterocycles. The normalized spacial score (nSPS) is 17.3. The van der Waals surface area contributed by atoms with Gasteiger partial charge in [-0.1, -0.05) is 12.1 Å². The van der Waals surface area contributed by atoms with Gasteiger partial charge in [0, 0.05) is 33.2 Å². The van der Waals surface area contributed by atoms with E-state index in [9.17, 15) is 4.79 Å². The fourth-order valence-electron chi connectivity index (χ4n) is 3.41. The molecule has 29 heavy (non-hydrogen) atoms. The van der Waals surface area contributed by atoms with E-state index in [1.807, 2.05) is 19.1 Å². The highest BCUT2D eigenvalue weighted by Gasteiger charge is 2.28. The molecule has 1 fully saturated rings. The molecule has 2 rings (SSSR count). The molecule has 0 aliphatic carbocycles. The Balaban J connectivity index is 1.80. The monoisotopic (exact) mass is 404 g/mol. The second-order valence-electron chi connectivity index (χ2n) is 7.59. The molecule has 1 aromatic rings. The maximum atomic E-state index is 12.1. The number of hydrogen-bond acceptors (Lipinski definition) is 5. The van der Waals surface area contributed by atoms with Gasteiger partial charge in [0.1, 0.15) is 5.75 Å². The third kappa shape index (κ3) is 7.93. The number of esters is 1. The quantitative estimate of drug-likeness (QED) is 0.295. The minimum absolute atomic E-state index is 0.0776.